The molecule has 0 heterocycles. The summed E-state index contributed by atoms with van der Waals surface area (Å²) in [5.41, 5.74) is 4.05. The van der Waals surface area contributed by atoms with Gasteiger partial charge in [0.25, 0.3) is 10.0 Å². The number of rotatable bonds is 12. The molecule has 2 amide bonds. The fourth-order valence-electron chi connectivity index (χ4n) is 4.67. The Morgan fingerprint density at radius 1 is 0.875 bits per heavy atom. The summed E-state index contributed by atoms with van der Waals surface area (Å²) in [6.07, 6.45) is 0.385. The Kier molecular flexibility index (Phi) is 10.5. The van der Waals surface area contributed by atoms with Crippen molar-refractivity contribution in [2.45, 2.75) is 65.4 Å². The van der Waals surface area contributed by atoms with E-state index in [2.05, 4.69) is 5.32 Å². The Morgan fingerprint density at radius 3 is 2.15 bits per heavy atom. The highest BCUT2D eigenvalue weighted by Gasteiger charge is 2.34. The highest BCUT2D eigenvalue weighted by Crippen LogP contribution is 2.28. The second-order valence-electron chi connectivity index (χ2n) is 10.7. The van der Waals surface area contributed by atoms with Crippen molar-refractivity contribution in [2.24, 2.45) is 5.92 Å². The van der Waals surface area contributed by atoms with Crippen molar-refractivity contribution in [1.29, 1.82) is 0 Å². The summed E-state index contributed by atoms with van der Waals surface area (Å²) in [4.78, 5) is 29.1. The number of hydrogen-bond acceptors (Lipinski definition) is 4. The molecule has 3 rings (SSSR count). The van der Waals surface area contributed by atoms with Gasteiger partial charge < -0.3 is 10.2 Å². The molecule has 0 aliphatic carbocycles. The van der Waals surface area contributed by atoms with Crippen LogP contribution in [0.15, 0.2) is 77.7 Å². The van der Waals surface area contributed by atoms with Crippen LogP contribution in [0.5, 0.6) is 0 Å². The van der Waals surface area contributed by atoms with E-state index in [1.54, 1.807) is 24.3 Å². The van der Waals surface area contributed by atoms with E-state index >= 15 is 0 Å². The molecule has 0 radical (unpaired) electrons. The number of hydrogen-bond donors (Lipinski definition) is 1. The quantitative estimate of drug-likeness (QED) is 0.320. The van der Waals surface area contributed by atoms with Gasteiger partial charge in [0, 0.05) is 13.1 Å². The lowest BCUT2D eigenvalue weighted by atomic mass is 10.1. The maximum Gasteiger partial charge on any atom is 0.264 e. The van der Waals surface area contributed by atoms with Crippen molar-refractivity contribution in [1.82, 2.24) is 10.2 Å². The van der Waals surface area contributed by atoms with Crippen LogP contribution in [-0.4, -0.2) is 44.3 Å². The van der Waals surface area contributed by atoms with Gasteiger partial charge in [-0.25, -0.2) is 8.42 Å². The van der Waals surface area contributed by atoms with Gasteiger partial charge in [-0.15, -0.1) is 0 Å². The summed E-state index contributed by atoms with van der Waals surface area (Å²) >= 11 is 0. The number of sulfonamides is 1. The normalized spacial score (nSPS) is 12.2. The minimum absolute atomic E-state index is 0.0923. The molecule has 0 aliphatic rings. The average Bonchev–Trinajstić information content (AvgIpc) is 2.91. The zero-order chi connectivity index (χ0) is 29.4. The summed E-state index contributed by atoms with van der Waals surface area (Å²) < 4.78 is 29.1. The zero-order valence-corrected chi connectivity index (χ0v) is 25.2. The lowest BCUT2D eigenvalue weighted by Crippen LogP contribution is -2.52. The molecule has 40 heavy (non-hydrogen) atoms. The van der Waals surface area contributed by atoms with E-state index in [0.717, 1.165) is 22.3 Å². The predicted molar refractivity (Wildman–Crippen MR) is 161 cm³/mol. The van der Waals surface area contributed by atoms with Crippen molar-refractivity contribution in [2.75, 3.05) is 17.4 Å². The first-order valence-electron chi connectivity index (χ1n) is 13.7. The van der Waals surface area contributed by atoms with E-state index in [0.29, 0.717) is 18.7 Å². The summed E-state index contributed by atoms with van der Waals surface area (Å²) in [5, 5.41) is 2.96. The number of nitrogens with zero attached hydrogens (tertiary/aromatic N) is 2. The Morgan fingerprint density at radius 2 is 1.55 bits per heavy atom. The second kappa shape index (κ2) is 13.6. The van der Waals surface area contributed by atoms with Gasteiger partial charge >= 0.3 is 0 Å². The molecular formula is C32H41N3O4S. The number of anilines is 1. The van der Waals surface area contributed by atoms with Crippen molar-refractivity contribution < 1.29 is 18.0 Å². The van der Waals surface area contributed by atoms with Crippen LogP contribution in [0.2, 0.25) is 0 Å². The fraction of sp³-hybridized carbons (Fsp3) is 0.375. The molecule has 3 aromatic rings. The molecule has 3 aromatic carbocycles. The summed E-state index contributed by atoms with van der Waals surface area (Å²) in [6.45, 7) is 11.8. The van der Waals surface area contributed by atoms with Crippen LogP contribution >= 0.6 is 0 Å². The second-order valence-corrected chi connectivity index (χ2v) is 12.6. The van der Waals surface area contributed by atoms with Gasteiger partial charge in [0.2, 0.25) is 11.8 Å². The zero-order valence-electron chi connectivity index (χ0n) is 24.3. The molecular weight excluding hydrogens is 522 g/mol. The number of carbonyl (C=O) groups is 2. The van der Waals surface area contributed by atoms with Crippen LogP contribution < -0.4 is 9.62 Å². The van der Waals surface area contributed by atoms with Crippen LogP contribution in [0, 0.1) is 26.7 Å². The molecule has 214 valence electrons. The molecule has 1 atom stereocenters. The summed E-state index contributed by atoms with van der Waals surface area (Å²) in [5.74, 6) is -0.452. The topological polar surface area (TPSA) is 86.8 Å². The van der Waals surface area contributed by atoms with E-state index in [9.17, 15) is 18.0 Å². The maximum absolute atomic E-state index is 14.2. The van der Waals surface area contributed by atoms with Crippen LogP contribution in [0.25, 0.3) is 0 Å². The van der Waals surface area contributed by atoms with Crippen molar-refractivity contribution in [3.8, 4) is 0 Å². The van der Waals surface area contributed by atoms with Gasteiger partial charge in [-0.1, -0.05) is 86.5 Å². The predicted octanol–water partition coefficient (Wildman–Crippen LogP) is 5.39. The van der Waals surface area contributed by atoms with Crippen LogP contribution in [-0.2, 0) is 26.2 Å². The summed E-state index contributed by atoms with van der Waals surface area (Å²) in [6, 6.07) is 20.6. The minimum atomic E-state index is -4.09. The third-order valence-electron chi connectivity index (χ3n) is 6.74. The Balaban J connectivity index is 2.07. The molecule has 8 heteroatoms. The fourth-order valence-corrected chi connectivity index (χ4v) is 6.17. The highest BCUT2D eigenvalue weighted by atomic mass is 32.2. The molecule has 0 fully saturated rings. The first-order chi connectivity index (χ1) is 18.9. The van der Waals surface area contributed by atoms with Gasteiger partial charge in [-0.05, 0) is 62.4 Å². The monoisotopic (exact) mass is 563 g/mol. The van der Waals surface area contributed by atoms with Crippen LogP contribution in [0.3, 0.4) is 0 Å². The highest BCUT2D eigenvalue weighted by molar-refractivity contribution is 7.92. The minimum Gasteiger partial charge on any atom is -0.354 e. The number of carbonyl (C=O) groups excluding carboxylic acids is 2. The van der Waals surface area contributed by atoms with E-state index in [1.165, 1.54) is 21.3 Å². The number of benzene rings is 3. The smallest absolute Gasteiger partial charge is 0.264 e. The number of amides is 2. The van der Waals surface area contributed by atoms with E-state index in [1.807, 2.05) is 77.9 Å². The molecule has 0 spiro atoms. The third-order valence-corrected chi connectivity index (χ3v) is 8.51. The number of aryl methyl sites for hydroxylation is 3. The van der Waals surface area contributed by atoms with Crippen LogP contribution in [0.4, 0.5) is 5.69 Å². The third kappa shape index (κ3) is 7.72. The van der Waals surface area contributed by atoms with E-state index in [4.69, 9.17) is 0 Å². The van der Waals surface area contributed by atoms with Gasteiger partial charge in [-0.2, -0.15) is 0 Å². The Labute approximate surface area is 239 Å². The molecule has 0 bridgehead atoms. The Bertz CT molecular complexity index is 1420. The molecule has 0 unspecified atom stereocenters. The molecule has 7 nitrogen and oxygen atoms in total. The molecule has 0 saturated heterocycles. The molecule has 0 saturated carbocycles. The molecule has 0 aliphatic heterocycles. The van der Waals surface area contributed by atoms with Crippen molar-refractivity contribution in [3.63, 3.8) is 0 Å². The van der Waals surface area contributed by atoms with Gasteiger partial charge in [0.15, 0.2) is 0 Å². The molecule has 0 aromatic heterocycles. The maximum atomic E-state index is 14.2. The van der Waals surface area contributed by atoms with Gasteiger partial charge in [-0.3, -0.25) is 13.9 Å². The number of nitrogens with one attached hydrogen (secondary N) is 1. The van der Waals surface area contributed by atoms with E-state index in [-0.39, 0.29) is 23.3 Å². The standard InChI is InChI=1S/C32H41N3O4S/c1-7-29(32(37)33-20-23(2)3)34(21-27-13-11-12-24(4)19-27)31(36)22-35(30-17-16-25(5)18-26(30)6)40(38,39)28-14-9-8-10-15-28/h8-19,23,29H,7,20-22H2,1-6H3,(H,33,37)/t29-/m1/s1. The largest absolute Gasteiger partial charge is 0.354 e. The SMILES string of the molecule is CC[C@H](C(=O)NCC(C)C)N(Cc1cccc(C)c1)C(=O)CN(c1ccc(C)cc1C)S(=O)(=O)c1ccccc1. The van der Waals surface area contributed by atoms with Crippen molar-refractivity contribution >= 4 is 27.5 Å². The van der Waals surface area contributed by atoms with Gasteiger partial charge in [0.05, 0.1) is 10.6 Å². The lowest BCUT2D eigenvalue weighted by Gasteiger charge is -2.33. The van der Waals surface area contributed by atoms with Crippen LogP contribution in [0.1, 0.15) is 49.4 Å². The van der Waals surface area contributed by atoms with Crippen molar-refractivity contribution in [3.05, 3.63) is 95.1 Å². The first-order valence-corrected chi connectivity index (χ1v) is 15.2. The Hall–Kier alpha value is -3.65. The van der Waals surface area contributed by atoms with E-state index < -0.39 is 28.5 Å². The lowest BCUT2D eigenvalue weighted by molar-refractivity contribution is -0.140. The first kappa shape index (κ1) is 30.9. The summed E-state index contributed by atoms with van der Waals surface area (Å²) in [7, 11) is -4.09. The van der Waals surface area contributed by atoms with Gasteiger partial charge in [0.1, 0.15) is 12.6 Å². The molecule has 1 N–H and O–H groups in total. The average molecular weight is 564 g/mol.